The summed E-state index contributed by atoms with van der Waals surface area (Å²) >= 11 is 0. The summed E-state index contributed by atoms with van der Waals surface area (Å²) in [6.07, 6.45) is 11.9. The van der Waals surface area contributed by atoms with Crippen molar-refractivity contribution in [1.29, 1.82) is 0 Å². The molecule has 0 aliphatic heterocycles. The molecule has 16 heavy (non-hydrogen) atoms. The van der Waals surface area contributed by atoms with Gasteiger partial charge in [-0.1, -0.05) is 45.1 Å². The first-order valence-electron chi connectivity index (χ1n) is 6.53. The molecule has 0 aliphatic rings. The highest BCUT2D eigenvalue weighted by atomic mass is 14.8. The Morgan fingerprint density at radius 1 is 1.12 bits per heavy atom. The van der Waals surface area contributed by atoms with Crippen molar-refractivity contribution in [2.45, 2.75) is 52.0 Å². The number of nitrogens with one attached hydrogen (secondary N) is 1. The molecule has 0 spiro atoms. The Morgan fingerprint density at radius 3 is 2.69 bits per heavy atom. The van der Waals surface area contributed by atoms with Crippen LogP contribution in [-0.2, 0) is 6.54 Å². The molecule has 0 saturated heterocycles. The first-order chi connectivity index (χ1) is 7.93. The van der Waals surface area contributed by atoms with Gasteiger partial charge in [-0.15, -0.1) is 0 Å². The van der Waals surface area contributed by atoms with Crippen LogP contribution in [0, 0.1) is 0 Å². The van der Waals surface area contributed by atoms with Gasteiger partial charge in [0.05, 0.1) is 0 Å². The molecule has 0 aliphatic carbocycles. The van der Waals surface area contributed by atoms with Gasteiger partial charge in [0.1, 0.15) is 0 Å². The van der Waals surface area contributed by atoms with Crippen molar-refractivity contribution in [1.82, 2.24) is 10.3 Å². The summed E-state index contributed by atoms with van der Waals surface area (Å²) in [5.41, 5.74) is 1.27. The molecule has 1 aromatic rings. The van der Waals surface area contributed by atoms with E-state index in [0.717, 1.165) is 13.1 Å². The molecule has 0 aromatic carbocycles. The Labute approximate surface area is 99.5 Å². The number of hydrogen-bond acceptors (Lipinski definition) is 2. The van der Waals surface area contributed by atoms with E-state index in [1.807, 2.05) is 18.5 Å². The Morgan fingerprint density at radius 2 is 1.94 bits per heavy atom. The van der Waals surface area contributed by atoms with Gasteiger partial charge in [-0.05, 0) is 24.6 Å². The predicted octanol–water partition coefficient (Wildman–Crippen LogP) is 3.53. The summed E-state index contributed by atoms with van der Waals surface area (Å²) < 4.78 is 0. The summed E-state index contributed by atoms with van der Waals surface area (Å²) in [5, 5.41) is 3.45. The maximum Gasteiger partial charge on any atom is 0.0312 e. The lowest BCUT2D eigenvalue weighted by Gasteiger charge is -2.04. The lowest BCUT2D eigenvalue weighted by molar-refractivity contribution is 0.571. The van der Waals surface area contributed by atoms with Crippen LogP contribution in [0.5, 0.6) is 0 Å². The van der Waals surface area contributed by atoms with E-state index in [0.29, 0.717) is 0 Å². The number of unbranched alkanes of at least 4 members (excludes halogenated alkanes) is 5. The summed E-state index contributed by atoms with van der Waals surface area (Å²) in [5.74, 6) is 0. The van der Waals surface area contributed by atoms with E-state index in [-0.39, 0.29) is 0 Å². The van der Waals surface area contributed by atoms with Gasteiger partial charge in [0.15, 0.2) is 0 Å². The van der Waals surface area contributed by atoms with Gasteiger partial charge in [0, 0.05) is 18.9 Å². The standard InChI is InChI=1S/C14H24N2/c1-2-3-4-5-6-7-10-15-12-14-9-8-11-16-13-14/h8-9,11,13,15H,2-7,10,12H2,1H3. The third kappa shape index (κ3) is 6.57. The van der Waals surface area contributed by atoms with Gasteiger partial charge in [0.25, 0.3) is 0 Å². The van der Waals surface area contributed by atoms with Crippen molar-refractivity contribution < 1.29 is 0 Å². The number of hydrogen-bond donors (Lipinski definition) is 1. The second-order valence-electron chi connectivity index (χ2n) is 4.31. The minimum absolute atomic E-state index is 0.947. The molecule has 0 amide bonds. The van der Waals surface area contributed by atoms with Crippen LogP contribution in [0.1, 0.15) is 51.0 Å². The third-order valence-electron chi connectivity index (χ3n) is 2.76. The van der Waals surface area contributed by atoms with Crippen molar-refractivity contribution in [2.24, 2.45) is 0 Å². The first kappa shape index (κ1) is 13.2. The van der Waals surface area contributed by atoms with E-state index in [2.05, 4.69) is 23.3 Å². The molecule has 2 heteroatoms. The monoisotopic (exact) mass is 220 g/mol. The average molecular weight is 220 g/mol. The molecule has 0 fully saturated rings. The normalized spacial score (nSPS) is 10.6. The second kappa shape index (κ2) is 9.34. The molecule has 2 nitrogen and oxygen atoms in total. The van der Waals surface area contributed by atoms with E-state index in [9.17, 15) is 0 Å². The van der Waals surface area contributed by atoms with Crippen LogP contribution in [-0.4, -0.2) is 11.5 Å². The van der Waals surface area contributed by atoms with Crippen LogP contribution in [0.3, 0.4) is 0 Å². The zero-order valence-electron chi connectivity index (χ0n) is 10.4. The Balaban J connectivity index is 1.89. The molecule has 1 aromatic heterocycles. The molecule has 1 heterocycles. The summed E-state index contributed by atoms with van der Waals surface area (Å²) in [6, 6.07) is 4.10. The van der Waals surface area contributed by atoms with Crippen molar-refractivity contribution in [2.75, 3.05) is 6.54 Å². The van der Waals surface area contributed by atoms with E-state index >= 15 is 0 Å². The largest absolute Gasteiger partial charge is 0.313 e. The van der Waals surface area contributed by atoms with E-state index < -0.39 is 0 Å². The average Bonchev–Trinajstić information content (AvgIpc) is 2.34. The zero-order chi connectivity index (χ0) is 11.5. The predicted molar refractivity (Wildman–Crippen MR) is 69.3 cm³/mol. The van der Waals surface area contributed by atoms with E-state index in [1.54, 1.807) is 0 Å². The summed E-state index contributed by atoms with van der Waals surface area (Å²) in [4.78, 5) is 4.09. The SMILES string of the molecule is CCCCCCCCNCc1cccnc1. The molecular formula is C14H24N2. The second-order valence-corrected chi connectivity index (χ2v) is 4.31. The van der Waals surface area contributed by atoms with Crippen LogP contribution in [0.25, 0.3) is 0 Å². The van der Waals surface area contributed by atoms with Crippen LogP contribution in [0.2, 0.25) is 0 Å². The van der Waals surface area contributed by atoms with Crippen molar-refractivity contribution in [3.8, 4) is 0 Å². The molecule has 1 rings (SSSR count). The minimum atomic E-state index is 0.947. The lowest BCUT2D eigenvalue weighted by atomic mass is 10.1. The molecular weight excluding hydrogens is 196 g/mol. The number of pyridine rings is 1. The fourth-order valence-corrected chi connectivity index (χ4v) is 1.77. The minimum Gasteiger partial charge on any atom is -0.313 e. The quantitative estimate of drug-likeness (QED) is 0.644. The highest BCUT2D eigenvalue weighted by Crippen LogP contribution is 2.04. The topological polar surface area (TPSA) is 24.9 Å². The maximum absolute atomic E-state index is 4.09. The van der Waals surface area contributed by atoms with Gasteiger partial charge in [-0.2, -0.15) is 0 Å². The van der Waals surface area contributed by atoms with Crippen LogP contribution < -0.4 is 5.32 Å². The maximum atomic E-state index is 4.09. The zero-order valence-corrected chi connectivity index (χ0v) is 10.4. The van der Waals surface area contributed by atoms with Crippen LogP contribution in [0.15, 0.2) is 24.5 Å². The highest BCUT2D eigenvalue weighted by Gasteiger charge is 1.92. The van der Waals surface area contributed by atoms with Gasteiger partial charge in [0.2, 0.25) is 0 Å². The van der Waals surface area contributed by atoms with Gasteiger partial charge >= 0.3 is 0 Å². The number of rotatable bonds is 9. The third-order valence-corrected chi connectivity index (χ3v) is 2.76. The first-order valence-corrected chi connectivity index (χ1v) is 6.53. The fraction of sp³-hybridized carbons (Fsp3) is 0.643. The smallest absolute Gasteiger partial charge is 0.0312 e. The molecule has 0 radical (unpaired) electrons. The summed E-state index contributed by atoms with van der Waals surface area (Å²) in [6.45, 7) is 4.33. The Hall–Kier alpha value is -0.890. The summed E-state index contributed by atoms with van der Waals surface area (Å²) in [7, 11) is 0. The van der Waals surface area contributed by atoms with Crippen LogP contribution >= 0.6 is 0 Å². The lowest BCUT2D eigenvalue weighted by Crippen LogP contribution is -2.14. The van der Waals surface area contributed by atoms with E-state index in [1.165, 1.54) is 44.1 Å². The molecule has 1 N–H and O–H groups in total. The fourth-order valence-electron chi connectivity index (χ4n) is 1.77. The number of nitrogens with zero attached hydrogens (tertiary/aromatic N) is 1. The molecule has 0 unspecified atom stereocenters. The number of aromatic nitrogens is 1. The molecule has 90 valence electrons. The Bertz CT molecular complexity index is 246. The Kier molecular flexibility index (Phi) is 7.70. The van der Waals surface area contributed by atoms with Crippen molar-refractivity contribution >= 4 is 0 Å². The molecule has 0 saturated carbocycles. The van der Waals surface area contributed by atoms with Gasteiger partial charge in [-0.3, -0.25) is 4.98 Å². The van der Waals surface area contributed by atoms with Crippen molar-refractivity contribution in [3.05, 3.63) is 30.1 Å². The van der Waals surface area contributed by atoms with Crippen molar-refractivity contribution in [3.63, 3.8) is 0 Å². The highest BCUT2D eigenvalue weighted by molar-refractivity contribution is 5.07. The van der Waals surface area contributed by atoms with Gasteiger partial charge < -0.3 is 5.32 Å². The molecule has 0 atom stereocenters. The van der Waals surface area contributed by atoms with Gasteiger partial charge in [-0.25, -0.2) is 0 Å². The van der Waals surface area contributed by atoms with Crippen LogP contribution in [0.4, 0.5) is 0 Å². The van der Waals surface area contributed by atoms with E-state index in [4.69, 9.17) is 0 Å². The molecule has 0 bridgehead atoms.